The molecule has 41 heavy (non-hydrogen) atoms. The second-order valence-electron chi connectivity index (χ2n) is 10.2. The summed E-state index contributed by atoms with van der Waals surface area (Å²) < 4.78 is 47.8. The van der Waals surface area contributed by atoms with E-state index >= 15 is 0 Å². The van der Waals surface area contributed by atoms with Gasteiger partial charge >= 0.3 is 13.9 Å². The van der Waals surface area contributed by atoms with Crippen LogP contribution < -0.4 is 10.5 Å². The fraction of sp³-hybridized carbons (Fsp3) is 0.207. The normalized spacial score (nSPS) is 16.6. The van der Waals surface area contributed by atoms with Crippen molar-refractivity contribution in [2.75, 3.05) is 18.8 Å². The Labute approximate surface area is 234 Å². The Morgan fingerprint density at radius 1 is 0.878 bits per heavy atom. The van der Waals surface area contributed by atoms with Crippen LogP contribution in [-0.2, 0) is 0 Å². The minimum atomic E-state index is -4.75. The highest BCUT2D eigenvalue weighted by Gasteiger charge is 2.40. The van der Waals surface area contributed by atoms with Crippen LogP contribution in [0.25, 0.3) is 22.6 Å². The lowest BCUT2D eigenvalue weighted by molar-refractivity contribution is -0.539. The zero-order valence-corrected chi connectivity index (χ0v) is 21.9. The Balaban J connectivity index is 1.27. The number of piperidine rings is 1. The monoisotopic (exact) mass is 555 g/mol. The van der Waals surface area contributed by atoms with Gasteiger partial charge in [-0.1, -0.05) is 17.3 Å². The quantitative estimate of drug-likeness (QED) is 0.222. The molecule has 12 heteroatoms. The molecule has 3 aliphatic heterocycles. The minimum absolute atomic E-state index is 0.290. The first-order chi connectivity index (χ1) is 19.8. The van der Waals surface area contributed by atoms with E-state index in [4.69, 9.17) is 5.73 Å². The van der Waals surface area contributed by atoms with E-state index in [1.165, 1.54) is 43.5 Å². The van der Waals surface area contributed by atoms with Gasteiger partial charge in [0.15, 0.2) is 0 Å². The summed E-state index contributed by atoms with van der Waals surface area (Å²) in [6.07, 6.45) is 4.94. The number of benzene rings is 2. The molecular formula is C29H25BF3N7O+. The summed E-state index contributed by atoms with van der Waals surface area (Å²) in [4.78, 5) is 2.23. The zero-order valence-electron chi connectivity index (χ0n) is 21.9. The number of alkyl halides is 3. The number of nitrogen functional groups attached to an aromatic ring is 1. The van der Waals surface area contributed by atoms with Crippen LogP contribution >= 0.6 is 0 Å². The molecule has 1 radical (unpaired) electrons. The molecule has 3 aliphatic rings. The van der Waals surface area contributed by atoms with Gasteiger partial charge in [-0.2, -0.15) is 0 Å². The Kier molecular flexibility index (Phi) is 5.99. The minimum Gasteiger partial charge on any atom is -0.406 e. The van der Waals surface area contributed by atoms with Crippen molar-refractivity contribution in [2.45, 2.75) is 25.6 Å². The Bertz CT molecular complexity index is 1710. The van der Waals surface area contributed by atoms with Gasteiger partial charge in [-0.3, -0.25) is 9.39 Å². The van der Waals surface area contributed by atoms with Crippen molar-refractivity contribution in [1.82, 2.24) is 24.3 Å². The first-order valence-corrected chi connectivity index (χ1v) is 13.4. The molecule has 1 saturated heterocycles. The van der Waals surface area contributed by atoms with Crippen LogP contribution in [0.15, 0.2) is 84.7 Å². The predicted octanol–water partition coefficient (Wildman–Crippen LogP) is 4.84. The fourth-order valence-corrected chi connectivity index (χ4v) is 5.62. The number of anilines is 1. The molecule has 2 aromatic heterocycles. The van der Waals surface area contributed by atoms with Gasteiger partial charge in [0.25, 0.3) is 5.84 Å². The Hall–Kier alpha value is -4.74. The third-order valence-electron chi connectivity index (χ3n) is 7.53. The molecule has 4 aromatic rings. The maximum Gasteiger partial charge on any atom is 0.573 e. The molecule has 0 saturated carbocycles. The number of rotatable bonds is 4. The predicted molar refractivity (Wildman–Crippen MR) is 149 cm³/mol. The van der Waals surface area contributed by atoms with Crippen molar-refractivity contribution in [2.24, 2.45) is 0 Å². The number of allylic oxidation sites excluding steroid dienone is 1. The van der Waals surface area contributed by atoms with Gasteiger partial charge in [0.05, 0.1) is 19.3 Å². The molecule has 7 rings (SSSR count). The summed E-state index contributed by atoms with van der Waals surface area (Å²) in [6.45, 7) is 2.03. The Morgan fingerprint density at radius 3 is 2.34 bits per heavy atom. The molecule has 0 bridgehead atoms. The molecule has 0 atom stereocenters. The van der Waals surface area contributed by atoms with Gasteiger partial charge in [0, 0.05) is 28.6 Å². The highest BCUT2D eigenvalue weighted by Crippen LogP contribution is 2.37. The number of nitrogens with zero attached hydrogens (tertiary/aromatic N) is 6. The SMILES string of the molecule is Nc1ccc(C2=C3C=CC(=[N+]4CCCCC4)N3[B]n3c2ccc3-n2cc(-c3ccc(OC(F)(F)F)cc3)nn2)cc1. The maximum absolute atomic E-state index is 12.6. The van der Waals surface area contributed by atoms with E-state index < -0.39 is 6.36 Å². The molecule has 2 aromatic carbocycles. The zero-order chi connectivity index (χ0) is 28.1. The highest BCUT2D eigenvalue weighted by molar-refractivity contribution is 6.40. The lowest BCUT2D eigenvalue weighted by Gasteiger charge is -2.27. The molecule has 0 amide bonds. The summed E-state index contributed by atoms with van der Waals surface area (Å²) in [5.41, 5.74) is 12.0. The van der Waals surface area contributed by atoms with E-state index in [1.54, 1.807) is 10.9 Å². The van der Waals surface area contributed by atoms with Crippen LogP contribution in [0.5, 0.6) is 5.75 Å². The number of amidine groups is 1. The van der Waals surface area contributed by atoms with Gasteiger partial charge < -0.3 is 14.9 Å². The second kappa shape index (κ2) is 9.72. The number of halogens is 3. The number of nitrogens with two attached hydrogens (primary N) is 1. The summed E-state index contributed by atoms with van der Waals surface area (Å²) in [5, 5.41) is 8.65. The van der Waals surface area contributed by atoms with Crippen molar-refractivity contribution in [3.05, 3.63) is 96.0 Å². The summed E-state index contributed by atoms with van der Waals surface area (Å²) >= 11 is 0. The fourth-order valence-electron chi connectivity index (χ4n) is 5.62. The third kappa shape index (κ3) is 4.68. The van der Waals surface area contributed by atoms with Crippen molar-refractivity contribution in [1.29, 1.82) is 0 Å². The van der Waals surface area contributed by atoms with Gasteiger partial charge in [-0.05, 0) is 79.4 Å². The molecule has 205 valence electrons. The smallest absolute Gasteiger partial charge is 0.406 e. The van der Waals surface area contributed by atoms with Crippen LogP contribution in [0.2, 0.25) is 0 Å². The molecular weight excluding hydrogens is 530 g/mol. The van der Waals surface area contributed by atoms with Gasteiger partial charge in [0.2, 0.25) is 0 Å². The lowest BCUT2D eigenvalue weighted by atomic mass is 9.91. The van der Waals surface area contributed by atoms with E-state index in [-0.39, 0.29) is 5.75 Å². The van der Waals surface area contributed by atoms with E-state index in [2.05, 4.69) is 54.7 Å². The van der Waals surface area contributed by atoms with Crippen LogP contribution in [-0.4, -0.2) is 61.7 Å². The molecule has 0 unspecified atom stereocenters. The van der Waals surface area contributed by atoms with E-state index in [1.807, 2.05) is 30.3 Å². The average molecular weight is 555 g/mol. The van der Waals surface area contributed by atoms with Crippen molar-refractivity contribution < 1.29 is 22.5 Å². The Morgan fingerprint density at radius 2 is 1.61 bits per heavy atom. The summed E-state index contributed by atoms with van der Waals surface area (Å²) in [7, 11) is 2.08. The number of fused-ring (bicyclic) bond motifs is 2. The van der Waals surface area contributed by atoms with Crippen LogP contribution in [0.4, 0.5) is 18.9 Å². The van der Waals surface area contributed by atoms with Crippen LogP contribution in [0.1, 0.15) is 30.5 Å². The van der Waals surface area contributed by atoms with E-state index in [0.717, 1.165) is 47.3 Å². The molecule has 8 nitrogen and oxygen atoms in total. The molecule has 1 fully saturated rings. The molecule has 5 heterocycles. The summed E-state index contributed by atoms with van der Waals surface area (Å²) in [5.74, 6) is 1.62. The lowest BCUT2D eigenvalue weighted by Crippen LogP contribution is -2.43. The first kappa shape index (κ1) is 25.2. The second-order valence-corrected chi connectivity index (χ2v) is 10.2. The number of hydrogen-bond donors (Lipinski definition) is 1. The molecule has 2 N–H and O–H groups in total. The van der Waals surface area contributed by atoms with Gasteiger partial charge in [0.1, 0.15) is 23.0 Å². The largest absolute Gasteiger partial charge is 0.573 e. The third-order valence-corrected chi connectivity index (χ3v) is 7.53. The molecule has 0 aliphatic carbocycles. The van der Waals surface area contributed by atoms with E-state index in [0.29, 0.717) is 16.9 Å². The van der Waals surface area contributed by atoms with Gasteiger partial charge in [-0.15, -0.1) is 18.3 Å². The van der Waals surface area contributed by atoms with Crippen molar-refractivity contribution in [3.8, 4) is 22.8 Å². The van der Waals surface area contributed by atoms with Crippen LogP contribution in [0, 0.1) is 0 Å². The highest BCUT2D eigenvalue weighted by atomic mass is 19.4. The number of ether oxygens (including phenoxy) is 1. The summed E-state index contributed by atoms with van der Waals surface area (Å²) in [6, 6.07) is 17.5. The topological polar surface area (TPSA) is 77.1 Å². The molecule has 0 spiro atoms. The maximum atomic E-state index is 12.6. The van der Waals surface area contributed by atoms with E-state index in [9.17, 15) is 13.2 Å². The average Bonchev–Trinajstić information content (AvgIpc) is 3.71. The number of aromatic nitrogens is 4. The number of hydrogen-bond acceptors (Lipinski definition) is 4. The first-order valence-electron chi connectivity index (χ1n) is 13.4. The van der Waals surface area contributed by atoms with Crippen molar-refractivity contribution >= 4 is 24.6 Å². The van der Waals surface area contributed by atoms with Crippen molar-refractivity contribution in [3.63, 3.8) is 0 Å². The van der Waals surface area contributed by atoms with Crippen LogP contribution in [0.3, 0.4) is 0 Å². The van der Waals surface area contributed by atoms with Gasteiger partial charge in [-0.25, -0.2) is 4.68 Å². The standard InChI is InChI=1S/C29H24BF3N7O/c31-29(32,33)41-22-10-6-19(7-11-22)23-18-38(36-35-23)27-15-13-25-28(20-4-8-21(34)9-5-20)24-12-14-26(39(24)30-40(25)27)37-16-2-1-3-17-37/h4-15,18,34H,1-3,16-17H2/p+1.